The molecule has 0 aromatic heterocycles. The number of rotatable bonds is 10. The van der Waals surface area contributed by atoms with E-state index in [1.54, 1.807) is 66.7 Å². The van der Waals surface area contributed by atoms with Gasteiger partial charge in [0.2, 0.25) is 0 Å². The van der Waals surface area contributed by atoms with Gasteiger partial charge in [0.15, 0.2) is 6.61 Å². The first-order chi connectivity index (χ1) is 16.5. The van der Waals surface area contributed by atoms with Crippen LogP contribution in [0.3, 0.4) is 0 Å². The molecule has 0 saturated carbocycles. The standard InChI is InChI=1S/C25H24BrN3O5/c1-3-33-20-11-7-19(8-12-20)28-24(30)16-34-21-9-4-17(5-10-21)15-27-29-25(31)22-14-18(26)6-13-23(22)32-2/h4-15H,3,16H2,1-2H3,(H,28,30)(H,29,31)/b27-15-. The van der Waals surface area contributed by atoms with Gasteiger partial charge in [-0.05, 0) is 79.2 Å². The summed E-state index contributed by atoms with van der Waals surface area (Å²) in [5.74, 6) is 1.05. The van der Waals surface area contributed by atoms with Crippen LogP contribution in [0.25, 0.3) is 0 Å². The Bertz CT molecular complexity index is 1150. The molecule has 3 aromatic carbocycles. The number of anilines is 1. The van der Waals surface area contributed by atoms with Crippen LogP contribution >= 0.6 is 15.9 Å². The van der Waals surface area contributed by atoms with Gasteiger partial charge in [-0.25, -0.2) is 5.43 Å². The first kappa shape index (κ1) is 24.8. The number of amides is 2. The van der Waals surface area contributed by atoms with Crippen molar-refractivity contribution < 1.29 is 23.8 Å². The maximum atomic E-state index is 12.4. The van der Waals surface area contributed by atoms with Crippen LogP contribution in [0.1, 0.15) is 22.8 Å². The van der Waals surface area contributed by atoms with Crippen LogP contribution in [-0.4, -0.2) is 38.4 Å². The van der Waals surface area contributed by atoms with E-state index in [0.717, 1.165) is 15.8 Å². The smallest absolute Gasteiger partial charge is 0.275 e. The molecule has 3 rings (SSSR count). The molecule has 0 saturated heterocycles. The van der Waals surface area contributed by atoms with E-state index in [0.29, 0.717) is 29.4 Å². The van der Waals surface area contributed by atoms with Gasteiger partial charge in [-0.3, -0.25) is 9.59 Å². The molecule has 176 valence electrons. The molecule has 0 aliphatic rings. The predicted octanol–water partition coefficient (Wildman–Crippen LogP) is 4.64. The second kappa shape index (κ2) is 12.4. The molecule has 0 aliphatic carbocycles. The molecule has 2 amide bonds. The highest BCUT2D eigenvalue weighted by atomic mass is 79.9. The molecular weight excluding hydrogens is 502 g/mol. The first-order valence-corrected chi connectivity index (χ1v) is 11.2. The molecule has 0 heterocycles. The number of carbonyl (C=O) groups is 2. The van der Waals surface area contributed by atoms with Crippen LogP contribution in [0.15, 0.2) is 76.3 Å². The maximum Gasteiger partial charge on any atom is 0.275 e. The van der Waals surface area contributed by atoms with Crippen LogP contribution in [0.2, 0.25) is 0 Å². The second-order valence-electron chi connectivity index (χ2n) is 6.91. The third-order valence-corrected chi connectivity index (χ3v) is 4.98. The van der Waals surface area contributed by atoms with Crippen molar-refractivity contribution in [3.8, 4) is 17.2 Å². The molecular formula is C25H24BrN3O5. The summed E-state index contributed by atoms with van der Waals surface area (Å²) in [6.45, 7) is 2.36. The van der Waals surface area contributed by atoms with Crippen LogP contribution in [0, 0.1) is 0 Å². The Kier molecular flexibility index (Phi) is 9.04. The summed E-state index contributed by atoms with van der Waals surface area (Å²) in [6.07, 6.45) is 1.50. The third-order valence-electron chi connectivity index (χ3n) is 4.48. The summed E-state index contributed by atoms with van der Waals surface area (Å²) in [4.78, 5) is 24.5. The summed E-state index contributed by atoms with van der Waals surface area (Å²) >= 11 is 3.34. The van der Waals surface area contributed by atoms with Crippen LogP contribution < -0.4 is 25.0 Å². The number of carbonyl (C=O) groups excluding carboxylic acids is 2. The van der Waals surface area contributed by atoms with Crippen molar-refractivity contribution in [1.29, 1.82) is 0 Å². The molecule has 0 unspecified atom stereocenters. The van der Waals surface area contributed by atoms with Crippen LogP contribution in [0.5, 0.6) is 17.2 Å². The summed E-state index contributed by atoms with van der Waals surface area (Å²) in [6, 6.07) is 19.2. The molecule has 0 radical (unpaired) electrons. The molecule has 0 atom stereocenters. The van der Waals surface area contributed by atoms with Gasteiger partial charge in [-0.2, -0.15) is 5.10 Å². The van der Waals surface area contributed by atoms with E-state index >= 15 is 0 Å². The minimum absolute atomic E-state index is 0.134. The number of hydrogen-bond acceptors (Lipinski definition) is 6. The number of methoxy groups -OCH3 is 1. The average molecular weight is 526 g/mol. The third kappa shape index (κ3) is 7.35. The molecule has 0 fully saturated rings. The highest BCUT2D eigenvalue weighted by Crippen LogP contribution is 2.22. The predicted molar refractivity (Wildman–Crippen MR) is 134 cm³/mol. The fourth-order valence-electron chi connectivity index (χ4n) is 2.88. The largest absolute Gasteiger partial charge is 0.496 e. The number of nitrogens with one attached hydrogen (secondary N) is 2. The van der Waals surface area contributed by atoms with Gasteiger partial charge in [0.1, 0.15) is 17.2 Å². The van der Waals surface area contributed by atoms with Gasteiger partial charge < -0.3 is 19.5 Å². The first-order valence-electron chi connectivity index (χ1n) is 10.4. The van der Waals surface area contributed by atoms with Crippen molar-refractivity contribution in [1.82, 2.24) is 5.43 Å². The Morgan fingerprint density at radius 2 is 1.65 bits per heavy atom. The van der Waals surface area contributed by atoms with Gasteiger partial charge in [-0.1, -0.05) is 15.9 Å². The second-order valence-corrected chi connectivity index (χ2v) is 7.82. The molecule has 34 heavy (non-hydrogen) atoms. The minimum Gasteiger partial charge on any atom is -0.496 e. The molecule has 3 aromatic rings. The Labute approximate surface area is 206 Å². The van der Waals surface area contributed by atoms with Crippen molar-refractivity contribution in [2.24, 2.45) is 5.10 Å². The molecule has 0 bridgehead atoms. The van der Waals surface area contributed by atoms with Crippen LogP contribution in [-0.2, 0) is 4.79 Å². The Hall–Kier alpha value is -3.85. The lowest BCUT2D eigenvalue weighted by atomic mass is 10.2. The highest BCUT2D eigenvalue weighted by Gasteiger charge is 2.12. The van der Waals surface area contributed by atoms with Gasteiger partial charge in [0.05, 0.1) is 25.5 Å². The van der Waals surface area contributed by atoms with Gasteiger partial charge in [0.25, 0.3) is 11.8 Å². The van der Waals surface area contributed by atoms with Crippen molar-refractivity contribution in [3.63, 3.8) is 0 Å². The van der Waals surface area contributed by atoms with Crippen molar-refractivity contribution >= 4 is 39.6 Å². The lowest BCUT2D eigenvalue weighted by Gasteiger charge is -2.09. The van der Waals surface area contributed by atoms with E-state index in [1.165, 1.54) is 13.3 Å². The number of ether oxygens (including phenoxy) is 3. The van der Waals surface area contributed by atoms with E-state index in [9.17, 15) is 9.59 Å². The average Bonchev–Trinajstić information content (AvgIpc) is 2.85. The fraction of sp³-hybridized carbons (Fsp3) is 0.160. The summed E-state index contributed by atoms with van der Waals surface area (Å²) in [5.41, 5.74) is 4.24. The topological polar surface area (TPSA) is 98.3 Å². The van der Waals surface area contributed by atoms with E-state index in [1.807, 2.05) is 6.92 Å². The highest BCUT2D eigenvalue weighted by molar-refractivity contribution is 9.10. The van der Waals surface area contributed by atoms with Crippen molar-refractivity contribution in [3.05, 3.63) is 82.3 Å². The van der Waals surface area contributed by atoms with Gasteiger partial charge in [0, 0.05) is 10.2 Å². The number of hydrogen-bond donors (Lipinski definition) is 2. The molecule has 0 aliphatic heterocycles. The van der Waals surface area contributed by atoms with E-state index in [4.69, 9.17) is 14.2 Å². The van der Waals surface area contributed by atoms with Crippen molar-refractivity contribution in [2.45, 2.75) is 6.92 Å². The number of halogens is 1. The number of nitrogens with zero attached hydrogens (tertiary/aromatic N) is 1. The monoisotopic (exact) mass is 525 g/mol. The number of benzene rings is 3. The quantitative estimate of drug-likeness (QED) is 0.297. The lowest BCUT2D eigenvalue weighted by Crippen LogP contribution is -2.20. The zero-order valence-electron chi connectivity index (χ0n) is 18.7. The minimum atomic E-state index is -0.395. The van der Waals surface area contributed by atoms with E-state index < -0.39 is 5.91 Å². The van der Waals surface area contributed by atoms with Gasteiger partial charge >= 0.3 is 0 Å². The Morgan fingerprint density at radius 3 is 2.32 bits per heavy atom. The number of hydrazone groups is 1. The Morgan fingerprint density at radius 1 is 0.971 bits per heavy atom. The van der Waals surface area contributed by atoms with Crippen molar-refractivity contribution in [2.75, 3.05) is 25.6 Å². The lowest BCUT2D eigenvalue weighted by molar-refractivity contribution is -0.118. The fourth-order valence-corrected chi connectivity index (χ4v) is 3.24. The zero-order chi connectivity index (χ0) is 24.3. The molecule has 0 spiro atoms. The van der Waals surface area contributed by atoms with E-state index in [-0.39, 0.29) is 12.5 Å². The molecule has 2 N–H and O–H groups in total. The van der Waals surface area contributed by atoms with Gasteiger partial charge in [-0.15, -0.1) is 0 Å². The SMILES string of the molecule is CCOc1ccc(NC(=O)COc2ccc(/C=N\NC(=O)c3cc(Br)ccc3OC)cc2)cc1. The van der Waals surface area contributed by atoms with E-state index in [2.05, 4.69) is 31.8 Å². The summed E-state index contributed by atoms with van der Waals surface area (Å²) < 4.78 is 16.9. The normalized spacial score (nSPS) is 10.6. The molecule has 9 heteroatoms. The summed E-state index contributed by atoms with van der Waals surface area (Å²) in [7, 11) is 1.50. The zero-order valence-corrected chi connectivity index (χ0v) is 20.3. The van der Waals surface area contributed by atoms with Crippen LogP contribution in [0.4, 0.5) is 5.69 Å². The molecule has 8 nitrogen and oxygen atoms in total. The Balaban J connectivity index is 1.47. The maximum absolute atomic E-state index is 12.4. The summed E-state index contributed by atoms with van der Waals surface area (Å²) in [5, 5.41) is 6.75.